The van der Waals surface area contributed by atoms with Gasteiger partial charge in [0.1, 0.15) is 0 Å². The number of rotatable bonds is 9. The lowest BCUT2D eigenvalue weighted by molar-refractivity contribution is -0.132. The second-order valence-electron chi connectivity index (χ2n) is 6.92. The number of nitrogens with one attached hydrogen (secondary N) is 1. The molecule has 0 saturated heterocycles. The van der Waals surface area contributed by atoms with E-state index in [2.05, 4.69) is 16.3 Å². The zero-order chi connectivity index (χ0) is 20.6. The number of amides is 1. The maximum Gasteiger partial charge on any atom is 0.224 e. The molecule has 152 valence electrons. The van der Waals surface area contributed by atoms with Gasteiger partial charge in [-0.15, -0.1) is 0 Å². The number of carbonyl (C=O) groups excluding carboxylic acids is 1. The van der Waals surface area contributed by atoms with E-state index in [-0.39, 0.29) is 5.91 Å². The first-order valence-electron chi connectivity index (χ1n) is 9.61. The molecule has 0 atom stereocenters. The summed E-state index contributed by atoms with van der Waals surface area (Å²) in [7, 11) is 1.64. The second kappa shape index (κ2) is 10.1. The van der Waals surface area contributed by atoms with Gasteiger partial charge in [0, 0.05) is 38.7 Å². The summed E-state index contributed by atoms with van der Waals surface area (Å²) in [5, 5.41) is 7.22. The molecular formula is C22H26N4O2S. The number of methoxy groups -OCH3 is 1. The molecule has 29 heavy (non-hydrogen) atoms. The minimum absolute atomic E-state index is 0.0594. The predicted octanol–water partition coefficient (Wildman–Crippen LogP) is 3.98. The van der Waals surface area contributed by atoms with E-state index in [4.69, 9.17) is 17.0 Å². The van der Waals surface area contributed by atoms with Crippen LogP contribution in [0.4, 0.5) is 0 Å². The van der Waals surface area contributed by atoms with E-state index in [0.29, 0.717) is 37.4 Å². The van der Waals surface area contributed by atoms with Crippen LogP contribution in [0.2, 0.25) is 0 Å². The lowest BCUT2D eigenvalue weighted by Crippen LogP contribution is -2.34. The summed E-state index contributed by atoms with van der Waals surface area (Å²) in [6.45, 7) is 4.11. The first kappa shape index (κ1) is 21.0. The highest BCUT2D eigenvalue weighted by Gasteiger charge is 2.16. The standard InChI is InChI=1S/C22H26N4O2S/c1-17-7-6-10-19(15-17)21-23-24-22(29)26(21)12-11-20(27)25(13-14-28-2)16-18-8-4-3-5-9-18/h3-10,15H,11-14,16H2,1-2H3,(H,24,29). The Labute approximate surface area is 176 Å². The van der Waals surface area contributed by atoms with E-state index in [1.54, 1.807) is 7.11 Å². The Hall–Kier alpha value is -2.77. The van der Waals surface area contributed by atoms with Crippen LogP contribution < -0.4 is 0 Å². The molecule has 1 aromatic heterocycles. The van der Waals surface area contributed by atoms with Crippen LogP contribution in [0.15, 0.2) is 54.6 Å². The third-order valence-corrected chi connectivity index (χ3v) is 5.03. The summed E-state index contributed by atoms with van der Waals surface area (Å²) < 4.78 is 7.59. The number of hydrogen-bond donors (Lipinski definition) is 1. The van der Waals surface area contributed by atoms with Gasteiger partial charge in [0.25, 0.3) is 0 Å². The number of ether oxygens (including phenoxy) is 1. The molecule has 3 rings (SSSR count). The molecule has 1 amide bonds. The maximum atomic E-state index is 13.0. The monoisotopic (exact) mass is 410 g/mol. The second-order valence-corrected chi connectivity index (χ2v) is 7.30. The molecular weight excluding hydrogens is 384 g/mol. The number of hydrogen-bond acceptors (Lipinski definition) is 4. The number of aryl methyl sites for hydroxylation is 1. The molecule has 0 aliphatic heterocycles. The van der Waals surface area contributed by atoms with Gasteiger partial charge in [-0.1, -0.05) is 54.1 Å². The molecule has 1 N–H and O–H groups in total. The van der Waals surface area contributed by atoms with Crippen molar-refractivity contribution in [3.05, 3.63) is 70.5 Å². The van der Waals surface area contributed by atoms with Crippen LogP contribution >= 0.6 is 12.2 Å². The number of benzene rings is 2. The van der Waals surface area contributed by atoms with Gasteiger partial charge < -0.3 is 9.64 Å². The first-order valence-corrected chi connectivity index (χ1v) is 10.0. The van der Waals surface area contributed by atoms with Crippen LogP contribution in [0.3, 0.4) is 0 Å². The van der Waals surface area contributed by atoms with Gasteiger partial charge in [0.15, 0.2) is 10.6 Å². The Kier molecular flexibility index (Phi) is 7.32. The lowest BCUT2D eigenvalue weighted by Gasteiger charge is -2.23. The molecule has 7 heteroatoms. The minimum Gasteiger partial charge on any atom is -0.383 e. The zero-order valence-electron chi connectivity index (χ0n) is 16.8. The quantitative estimate of drug-likeness (QED) is 0.542. The van der Waals surface area contributed by atoms with Crippen molar-refractivity contribution in [2.45, 2.75) is 26.4 Å². The van der Waals surface area contributed by atoms with Crippen molar-refractivity contribution in [1.29, 1.82) is 0 Å². The van der Waals surface area contributed by atoms with Crippen molar-refractivity contribution in [3.63, 3.8) is 0 Å². The molecule has 0 bridgehead atoms. The molecule has 0 aliphatic carbocycles. The van der Waals surface area contributed by atoms with E-state index < -0.39 is 0 Å². The summed E-state index contributed by atoms with van der Waals surface area (Å²) in [5.41, 5.74) is 3.22. The third-order valence-electron chi connectivity index (χ3n) is 4.72. The number of carbonyl (C=O) groups is 1. The van der Waals surface area contributed by atoms with Crippen molar-refractivity contribution in [2.75, 3.05) is 20.3 Å². The van der Waals surface area contributed by atoms with Crippen molar-refractivity contribution in [1.82, 2.24) is 19.7 Å². The molecule has 3 aromatic rings. The van der Waals surface area contributed by atoms with Gasteiger partial charge in [0.05, 0.1) is 6.61 Å². The van der Waals surface area contributed by atoms with Crippen LogP contribution in [0.5, 0.6) is 0 Å². The van der Waals surface area contributed by atoms with Gasteiger partial charge in [0.2, 0.25) is 5.91 Å². The summed E-state index contributed by atoms with van der Waals surface area (Å²) in [6.07, 6.45) is 0.337. The highest BCUT2D eigenvalue weighted by molar-refractivity contribution is 7.71. The molecule has 0 fully saturated rings. The highest BCUT2D eigenvalue weighted by Crippen LogP contribution is 2.19. The van der Waals surface area contributed by atoms with Gasteiger partial charge >= 0.3 is 0 Å². The Bertz CT molecular complexity index is 997. The SMILES string of the molecule is COCCN(Cc1ccccc1)C(=O)CCn1c(-c2cccc(C)c2)n[nH]c1=S. The highest BCUT2D eigenvalue weighted by atomic mass is 32.1. The summed E-state index contributed by atoms with van der Waals surface area (Å²) in [4.78, 5) is 14.8. The van der Waals surface area contributed by atoms with E-state index in [0.717, 1.165) is 22.5 Å². The maximum absolute atomic E-state index is 13.0. The molecule has 0 unspecified atom stereocenters. The fourth-order valence-electron chi connectivity index (χ4n) is 3.19. The lowest BCUT2D eigenvalue weighted by atomic mass is 10.1. The Morgan fingerprint density at radius 2 is 2.00 bits per heavy atom. The summed E-state index contributed by atoms with van der Waals surface area (Å²) >= 11 is 5.40. The van der Waals surface area contributed by atoms with E-state index >= 15 is 0 Å². The topological polar surface area (TPSA) is 63.1 Å². The molecule has 2 aromatic carbocycles. The number of aromatic amines is 1. The summed E-state index contributed by atoms with van der Waals surface area (Å²) in [6, 6.07) is 18.1. The van der Waals surface area contributed by atoms with Crippen LogP contribution in [0, 0.1) is 11.7 Å². The normalized spacial score (nSPS) is 10.8. The van der Waals surface area contributed by atoms with Gasteiger partial charge in [-0.05, 0) is 30.8 Å². The zero-order valence-corrected chi connectivity index (χ0v) is 17.6. The van der Waals surface area contributed by atoms with Crippen LogP contribution in [-0.2, 0) is 22.6 Å². The van der Waals surface area contributed by atoms with Gasteiger partial charge in [-0.3, -0.25) is 14.5 Å². The van der Waals surface area contributed by atoms with Gasteiger partial charge in [-0.25, -0.2) is 0 Å². The average Bonchev–Trinajstić information content (AvgIpc) is 3.10. The van der Waals surface area contributed by atoms with Crippen molar-refractivity contribution in [3.8, 4) is 11.4 Å². The molecule has 0 spiro atoms. The third kappa shape index (κ3) is 5.62. The molecule has 1 heterocycles. The average molecular weight is 411 g/mol. The predicted molar refractivity (Wildman–Crippen MR) is 116 cm³/mol. The molecule has 0 radical (unpaired) electrons. The fraction of sp³-hybridized carbons (Fsp3) is 0.318. The number of aromatic nitrogens is 3. The van der Waals surface area contributed by atoms with E-state index in [9.17, 15) is 4.79 Å². The van der Waals surface area contributed by atoms with Crippen molar-refractivity contribution >= 4 is 18.1 Å². The fourth-order valence-corrected chi connectivity index (χ4v) is 3.42. The van der Waals surface area contributed by atoms with E-state index in [1.165, 1.54) is 0 Å². The molecule has 6 nitrogen and oxygen atoms in total. The van der Waals surface area contributed by atoms with Crippen LogP contribution in [0.25, 0.3) is 11.4 Å². The van der Waals surface area contributed by atoms with E-state index in [1.807, 2.05) is 64.9 Å². The summed E-state index contributed by atoms with van der Waals surface area (Å²) in [5.74, 6) is 0.808. The molecule has 0 saturated carbocycles. The number of H-pyrrole nitrogens is 1. The van der Waals surface area contributed by atoms with Crippen LogP contribution in [-0.4, -0.2) is 45.8 Å². The minimum atomic E-state index is 0.0594. The van der Waals surface area contributed by atoms with Crippen molar-refractivity contribution in [2.24, 2.45) is 0 Å². The Morgan fingerprint density at radius 3 is 2.72 bits per heavy atom. The molecule has 0 aliphatic rings. The van der Waals surface area contributed by atoms with Gasteiger partial charge in [-0.2, -0.15) is 5.10 Å². The first-order chi connectivity index (χ1) is 14.1. The Morgan fingerprint density at radius 1 is 1.21 bits per heavy atom. The van der Waals surface area contributed by atoms with Crippen LogP contribution in [0.1, 0.15) is 17.5 Å². The largest absolute Gasteiger partial charge is 0.383 e. The smallest absolute Gasteiger partial charge is 0.224 e. The van der Waals surface area contributed by atoms with Crippen molar-refractivity contribution < 1.29 is 9.53 Å². The Balaban J connectivity index is 1.73. The number of nitrogens with zero attached hydrogens (tertiary/aromatic N) is 3.